The van der Waals surface area contributed by atoms with Crippen molar-refractivity contribution < 1.29 is 4.79 Å². The number of carbonyl (C=O) groups excluding carboxylic acids is 1. The molecule has 1 N–H and O–H groups in total. The summed E-state index contributed by atoms with van der Waals surface area (Å²) < 4.78 is -1.94. The molecular formula is C13H14Cl3NO. The number of rotatable bonds is 5. The Balaban J connectivity index is 2.48. The van der Waals surface area contributed by atoms with Gasteiger partial charge in [0.15, 0.2) is 0 Å². The smallest absolute Gasteiger partial charge is 0.272 e. The summed E-state index contributed by atoms with van der Waals surface area (Å²) in [4.78, 5) is 11.5. The van der Waals surface area contributed by atoms with Crippen molar-refractivity contribution in [1.29, 1.82) is 0 Å². The van der Waals surface area contributed by atoms with E-state index in [1.54, 1.807) is 6.08 Å². The van der Waals surface area contributed by atoms with E-state index in [9.17, 15) is 4.79 Å². The maximum absolute atomic E-state index is 11.5. The number of nitrogens with one attached hydrogen (secondary N) is 1. The van der Waals surface area contributed by atoms with Crippen LogP contribution in [0.1, 0.15) is 12.0 Å². The van der Waals surface area contributed by atoms with Gasteiger partial charge in [-0.15, -0.1) is 6.58 Å². The van der Waals surface area contributed by atoms with Crippen LogP contribution in [0, 0.1) is 0 Å². The second-order valence-corrected chi connectivity index (χ2v) is 6.12. The Morgan fingerprint density at radius 3 is 2.44 bits per heavy atom. The molecule has 1 atom stereocenters. The minimum Gasteiger partial charge on any atom is -0.346 e. The maximum atomic E-state index is 11.5. The van der Waals surface area contributed by atoms with Gasteiger partial charge in [0, 0.05) is 6.04 Å². The Labute approximate surface area is 122 Å². The summed E-state index contributed by atoms with van der Waals surface area (Å²) in [5.41, 5.74) is 1.19. The van der Waals surface area contributed by atoms with Crippen LogP contribution >= 0.6 is 34.8 Å². The van der Waals surface area contributed by atoms with E-state index in [4.69, 9.17) is 34.8 Å². The normalized spacial score (nSPS) is 12.8. The number of benzene rings is 1. The van der Waals surface area contributed by atoms with Crippen LogP contribution in [0.2, 0.25) is 0 Å². The molecule has 1 rings (SSSR count). The predicted molar refractivity (Wildman–Crippen MR) is 77.2 cm³/mol. The Bertz CT molecular complexity index is 400. The van der Waals surface area contributed by atoms with Crippen LogP contribution in [0.3, 0.4) is 0 Å². The van der Waals surface area contributed by atoms with Crippen LogP contribution < -0.4 is 5.32 Å². The lowest BCUT2D eigenvalue weighted by molar-refractivity contribution is -0.120. The maximum Gasteiger partial charge on any atom is 0.272 e. The van der Waals surface area contributed by atoms with Crippen molar-refractivity contribution in [2.45, 2.75) is 22.7 Å². The topological polar surface area (TPSA) is 29.1 Å². The van der Waals surface area contributed by atoms with E-state index < -0.39 is 9.70 Å². The number of halogens is 3. The minimum atomic E-state index is -1.94. The number of alkyl halides is 3. The fourth-order valence-corrected chi connectivity index (χ4v) is 1.63. The highest BCUT2D eigenvalue weighted by Gasteiger charge is 2.31. The summed E-state index contributed by atoms with van der Waals surface area (Å²) in [6.07, 6.45) is 3.16. The number of hydrogen-bond acceptors (Lipinski definition) is 1. The van der Waals surface area contributed by atoms with Gasteiger partial charge in [0.25, 0.3) is 9.70 Å². The van der Waals surface area contributed by atoms with E-state index in [0.717, 1.165) is 6.42 Å². The Morgan fingerprint density at radius 2 is 1.94 bits per heavy atom. The molecule has 5 heteroatoms. The monoisotopic (exact) mass is 305 g/mol. The third-order valence-electron chi connectivity index (χ3n) is 2.45. The van der Waals surface area contributed by atoms with E-state index in [0.29, 0.717) is 6.42 Å². The van der Waals surface area contributed by atoms with Crippen LogP contribution in [0.25, 0.3) is 0 Å². The van der Waals surface area contributed by atoms with Crippen LogP contribution in [0.15, 0.2) is 43.0 Å². The number of aryl methyl sites for hydroxylation is 1. The molecule has 0 spiro atoms. The summed E-state index contributed by atoms with van der Waals surface area (Å²) in [5, 5.41) is 2.62. The van der Waals surface area contributed by atoms with Gasteiger partial charge < -0.3 is 5.32 Å². The number of hydrogen-bond donors (Lipinski definition) is 1. The van der Waals surface area contributed by atoms with Crippen molar-refractivity contribution in [3.05, 3.63) is 48.6 Å². The largest absolute Gasteiger partial charge is 0.346 e. The zero-order valence-corrected chi connectivity index (χ0v) is 12.0. The second-order valence-electron chi connectivity index (χ2n) is 3.84. The third kappa shape index (κ3) is 5.30. The fraction of sp³-hybridized carbons (Fsp3) is 0.308. The molecule has 0 bridgehead atoms. The molecule has 0 heterocycles. The lowest BCUT2D eigenvalue weighted by atomic mass is 10.1. The van der Waals surface area contributed by atoms with E-state index in [1.165, 1.54) is 5.56 Å². The van der Waals surface area contributed by atoms with Gasteiger partial charge in [0.2, 0.25) is 0 Å². The summed E-state index contributed by atoms with van der Waals surface area (Å²) in [6.45, 7) is 3.66. The van der Waals surface area contributed by atoms with Crippen LogP contribution in [-0.2, 0) is 11.2 Å². The van der Waals surface area contributed by atoms with Crippen molar-refractivity contribution in [3.8, 4) is 0 Å². The van der Waals surface area contributed by atoms with Gasteiger partial charge in [0.05, 0.1) is 0 Å². The molecule has 1 aromatic rings. The summed E-state index contributed by atoms with van der Waals surface area (Å²) in [7, 11) is 0. The summed E-state index contributed by atoms with van der Waals surface area (Å²) >= 11 is 16.5. The molecule has 1 aromatic carbocycles. The van der Waals surface area contributed by atoms with Gasteiger partial charge in [-0.3, -0.25) is 4.79 Å². The SMILES string of the molecule is C=C[C@H](CCc1ccccc1)NC(=O)C(Cl)(Cl)Cl. The first-order valence-electron chi connectivity index (χ1n) is 5.47. The van der Waals surface area contributed by atoms with Crippen molar-refractivity contribution in [3.63, 3.8) is 0 Å². The quantitative estimate of drug-likeness (QED) is 0.653. The predicted octanol–water partition coefficient (Wildman–Crippen LogP) is 3.66. The first kappa shape index (κ1) is 15.4. The van der Waals surface area contributed by atoms with Crippen LogP contribution in [0.4, 0.5) is 0 Å². The summed E-state index contributed by atoms with van der Waals surface area (Å²) in [6, 6.07) is 9.73. The Hall–Kier alpha value is -0.700. The Kier molecular flexibility index (Phi) is 6.00. The molecule has 18 heavy (non-hydrogen) atoms. The van der Waals surface area contributed by atoms with E-state index >= 15 is 0 Å². The zero-order valence-electron chi connectivity index (χ0n) is 9.70. The zero-order chi connectivity index (χ0) is 13.6. The standard InChI is InChI=1S/C13H14Cl3NO/c1-2-11(17-12(18)13(14,15)16)9-8-10-6-4-3-5-7-10/h2-7,11H,1,8-9H2,(H,17,18)/t11-/m1/s1. The molecule has 98 valence electrons. The first-order valence-corrected chi connectivity index (χ1v) is 6.61. The van der Waals surface area contributed by atoms with Crippen LogP contribution in [0.5, 0.6) is 0 Å². The van der Waals surface area contributed by atoms with Gasteiger partial charge >= 0.3 is 0 Å². The van der Waals surface area contributed by atoms with Gasteiger partial charge in [0.1, 0.15) is 0 Å². The lowest BCUT2D eigenvalue weighted by Crippen LogP contribution is -2.40. The van der Waals surface area contributed by atoms with Gasteiger partial charge in [-0.25, -0.2) is 0 Å². The highest BCUT2D eigenvalue weighted by atomic mass is 35.6. The van der Waals surface area contributed by atoms with Crippen LogP contribution in [-0.4, -0.2) is 15.7 Å². The second kappa shape index (κ2) is 7.03. The molecule has 2 nitrogen and oxygen atoms in total. The molecule has 0 radical (unpaired) electrons. The fourth-order valence-electron chi connectivity index (χ4n) is 1.47. The molecule has 0 fully saturated rings. The van der Waals surface area contributed by atoms with Gasteiger partial charge in [-0.1, -0.05) is 71.2 Å². The molecule has 0 aliphatic carbocycles. The van der Waals surface area contributed by atoms with Crippen molar-refractivity contribution in [1.82, 2.24) is 5.32 Å². The van der Waals surface area contributed by atoms with E-state index in [1.807, 2.05) is 30.3 Å². The molecule has 0 unspecified atom stereocenters. The average Bonchev–Trinajstić information content (AvgIpc) is 2.34. The number of amides is 1. The van der Waals surface area contributed by atoms with Gasteiger partial charge in [-0.05, 0) is 18.4 Å². The van der Waals surface area contributed by atoms with Crippen molar-refractivity contribution in [2.75, 3.05) is 0 Å². The van der Waals surface area contributed by atoms with Crippen molar-refractivity contribution in [2.24, 2.45) is 0 Å². The Morgan fingerprint density at radius 1 is 1.33 bits per heavy atom. The van der Waals surface area contributed by atoms with E-state index in [-0.39, 0.29) is 6.04 Å². The molecular weight excluding hydrogens is 293 g/mol. The third-order valence-corrected chi connectivity index (χ3v) is 2.96. The molecule has 0 saturated carbocycles. The minimum absolute atomic E-state index is 0.215. The average molecular weight is 307 g/mol. The number of carbonyl (C=O) groups is 1. The first-order chi connectivity index (χ1) is 8.43. The highest BCUT2D eigenvalue weighted by Crippen LogP contribution is 2.26. The molecule has 0 saturated heterocycles. The molecule has 0 aliphatic rings. The highest BCUT2D eigenvalue weighted by molar-refractivity contribution is 6.76. The molecule has 0 aromatic heterocycles. The lowest BCUT2D eigenvalue weighted by Gasteiger charge is -2.18. The van der Waals surface area contributed by atoms with Gasteiger partial charge in [-0.2, -0.15) is 0 Å². The van der Waals surface area contributed by atoms with Crippen molar-refractivity contribution >= 4 is 40.7 Å². The molecule has 0 aliphatic heterocycles. The van der Waals surface area contributed by atoms with E-state index in [2.05, 4.69) is 11.9 Å². The molecule has 1 amide bonds. The summed E-state index contributed by atoms with van der Waals surface area (Å²) in [5.74, 6) is -0.634.